The molecule has 0 radical (unpaired) electrons. The fraction of sp³-hybridized carbons (Fsp3) is 0.120. The van der Waals surface area contributed by atoms with Crippen LogP contribution in [-0.2, 0) is 10.5 Å². The van der Waals surface area contributed by atoms with Gasteiger partial charge in [-0.25, -0.2) is 9.38 Å². The van der Waals surface area contributed by atoms with E-state index in [2.05, 4.69) is 26.6 Å². The van der Waals surface area contributed by atoms with E-state index in [1.165, 1.54) is 48.2 Å². The van der Waals surface area contributed by atoms with E-state index in [9.17, 15) is 19.3 Å². The first-order valence-electron chi connectivity index (χ1n) is 10.5. The van der Waals surface area contributed by atoms with Gasteiger partial charge in [-0.3, -0.25) is 14.9 Å². The average molecular weight is 555 g/mol. The second-order valence-corrected chi connectivity index (χ2v) is 9.60. The van der Waals surface area contributed by atoms with Crippen molar-refractivity contribution >= 4 is 50.1 Å². The Hall–Kier alpha value is -3.50. The second kappa shape index (κ2) is 10.8. The molecule has 1 heterocycles. The van der Waals surface area contributed by atoms with Gasteiger partial charge in [0.2, 0.25) is 0 Å². The number of carbonyl (C=O) groups is 1. The quantitative estimate of drug-likeness (QED) is 0.273. The number of allylic oxidation sites excluding steroid dienone is 1. The summed E-state index contributed by atoms with van der Waals surface area (Å²) in [6.07, 6.45) is 0. The van der Waals surface area contributed by atoms with Crippen LogP contribution in [0, 0.1) is 15.9 Å². The summed E-state index contributed by atoms with van der Waals surface area (Å²) in [5, 5.41) is 17.6. The molecule has 0 fully saturated rings. The highest BCUT2D eigenvalue weighted by molar-refractivity contribution is 9.10. The third kappa shape index (κ3) is 6.14. The van der Waals surface area contributed by atoms with Crippen molar-refractivity contribution in [2.24, 2.45) is 4.99 Å². The van der Waals surface area contributed by atoms with Gasteiger partial charge >= 0.3 is 0 Å². The molecule has 0 aromatic heterocycles. The number of nitrogens with one attached hydrogen (secondary N) is 2. The van der Waals surface area contributed by atoms with Gasteiger partial charge in [0.25, 0.3) is 11.6 Å². The fourth-order valence-electron chi connectivity index (χ4n) is 3.50. The van der Waals surface area contributed by atoms with Gasteiger partial charge in [-0.15, -0.1) is 0 Å². The number of carbonyl (C=O) groups excluding carboxylic acids is 1. The van der Waals surface area contributed by atoms with E-state index >= 15 is 0 Å². The molecule has 1 unspecified atom stereocenters. The number of rotatable bonds is 6. The van der Waals surface area contributed by atoms with Crippen molar-refractivity contribution in [1.82, 2.24) is 5.32 Å². The third-order valence-corrected chi connectivity index (χ3v) is 6.76. The molecule has 1 aliphatic rings. The lowest BCUT2D eigenvalue weighted by atomic mass is 9.96. The van der Waals surface area contributed by atoms with Crippen molar-refractivity contribution in [1.29, 1.82) is 0 Å². The first-order chi connectivity index (χ1) is 16.8. The van der Waals surface area contributed by atoms with Crippen molar-refractivity contribution in [2.75, 3.05) is 5.32 Å². The molecule has 3 aromatic rings. The van der Waals surface area contributed by atoms with Crippen LogP contribution >= 0.6 is 27.7 Å². The molecule has 1 amide bonds. The molecule has 0 spiro atoms. The minimum absolute atomic E-state index is 0.0575. The predicted octanol–water partition coefficient (Wildman–Crippen LogP) is 6.34. The Bertz CT molecular complexity index is 1310. The van der Waals surface area contributed by atoms with Gasteiger partial charge in [-0.2, -0.15) is 0 Å². The number of anilines is 1. The van der Waals surface area contributed by atoms with E-state index in [-0.39, 0.29) is 17.4 Å². The van der Waals surface area contributed by atoms with Gasteiger partial charge in [-0.1, -0.05) is 52.0 Å². The number of nitro groups is 1. The van der Waals surface area contributed by atoms with Gasteiger partial charge in [0.05, 0.1) is 10.5 Å². The lowest BCUT2D eigenvalue weighted by molar-refractivity contribution is -0.384. The lowest BCUT2D eigenvalue weighted by Gasteiger charge is -2.26. The zero-order chi connectivity index (χ0) is 24.9. The minimum Gasteiger partial charge on any atom is -0.338 e. The summed E-state index contributed by atoms with van der Waals surface area (Å²) in [5.41, 5.74) is 3.26. The van der Waals surface area contributed by atoms with Crippen LogP contribution in [-0.4, -0.2) is 16.0 Å². The summed E-state index contributed by atoms with van der Waals surface area (Å²) in [4.78, 5) is 28.5. The van der Waals surface area contributed by atoms with Crippen molar-refractivity contribution in [2.45, 2.75) is 18.7 Å². The number of hydrogen-bond donors (Lipinski definition) is 2. The number of benzene rings is 3. The fourth-order valence-corrected chi connectivity index (χ4v) is 4.66. The Morgan fingerprint density at radius 2 is 1.77 bits per heavy atom. The van der Waals surface area contributed by atoms with Crippen LogP contribution in [0.25, 0.3) is 0 Å². The van der Waals surface area contributed by atoms with E-state index < -0.39 is 11.0 Å². The average Bonchev–Trinajstić information content (AvgIpc) is 2.84. The molecule has 7 nitrogen and oxygen atoms in total. The van der Waals surface area contributed by atoms with Crippen LogP contribution in [0.2, 0.25) is 0 Å². The van der Waals surface area contributed by atoms with Crippen LogP contribution in [0.5, 0.6) is 0 Å². The molecule has 0 bridgehead atoms. The maximum atomic E-state index is 13.3. The highest BCUT2D eigenvalue weighted by atomic mass is 79.9. The maximum Gasteiger partial charge on any atom is 0.269 e. The first-order valence-corrected chi connectivity index (χ1v) is 12.3. The van der Waals surface area contributed by atoms with Crippen LogP contribution in [0.4, 0.5) is 15.8 Å². The number of nitrogens with zero attached hydrogens (tertiary/aromatic N) is 2. The van der Waals surface area contributed by atoms with Crippen LogP contribution in [0.1, 0.15) is 24.1 Å². The number of aliphatic imine (C=N–C) groups is 1. The SMILES string of the molecule is CC1=C(C(=O)Nc2ccc([N+](=O)[O-])cc2)C(c2ccc(Br)cc2)N=C(SCc2ccc(F)cc2)N1. The Labute approximate surface area is 213 Å². The highest BCUT2D eigenvalue weighted by Gasteiger charge is 2.29. The monoisotopic (exact) mass is 554 g/mol. The van der Waals surface area contributed by atoms with Crippen molar-refractivity contribution in [3.05, 3.63) is 116 Å². The van der Waals surface area contributed by atoms with E-state index in [0.717, 1.165) is 15.6 Å². The van der Waals surface area contributed by atoms with Gasteiger partial charge < -0.3 is 10.6 Å². The van der Waals surface area contributed by atoms with Gasteiger partial charge in [0.1, 0.15) is 11.9 Å². The lowest BCUT2D eigenvalue weighted by Crippen LogP contribution is -2.32. The van der Waals surface area contributed by atoms with Crippen LogP contribution < -0.4 is 10.6 Å². The molecule has 178 valence electrons. The van der Waals surface area contributed by atoms with E-state index in [1.807, 2.05) is 31.2 Å². The topological polar surface area (TPSA) is 96.6 Å². The molecule has 10 heteroatoms. The highest BCUT2D eigenvalue weighted by Crippen LogP contribution is 2.34. The predicted molar refractivity (Wildman–Crippen MR) is 140 cm³/mol. The molecule has 0 saturated carbocycles. The number of hydrogen-bond acceptors (Lipinski definition) is 6. The molecular weight excluding hydrogens is 535 g/mol. The van der Waals surface area contributed by atoms with Gasteiger partial charge in [0.15, 0.2) is 5.17 Å². The summed E-state index contributed by atoms with van der Waals surface area (Å²) in [5.74, 6) is -0.0655. The summed E-state index contributed by atoms with van der Waals surface area (Å²) in [7, 11) is 0. The van der Waals surface area contributed by atoms with Gasteiger partial charge in [-0.05, 0) is 54.4 Å². The summed E-state index contributed by atoms with van der Waals surface area (Å²) < 4.78 is 14.1. The third-order valence-electron chi connectivity index (χ3n) is 5.27. The zero-order valence-electron chi connectivity index (χ0n) is 18.5. The molecule has 1 aliphatic heterocycles. The van der Waals surface area contributed by atoms with E-state index in [0.29, 0.717) is 27.9 Å². The number of non-ortho nitro benzene ring substituents is 1. The Morgan fingerprint density at radius 3 is 2.40 bits per heavy atom. The molecule has 1 atom stereocenters. The van der Waals surface area contributed by atoms with Crippen molar-refractivity contribution in [3.8, 4) is 0 Å². The van der Waals surface area contributed by atoms with E-state index in [1.54, 1.807) is 12.1 Å². The summed E-state index contributed by atoms with van der Waals surface area (Å²) in [6, 6.07) is 19.0. The normalized spacial score (nSPS) is 15.3. The largest absolute Gasteiger partial charge is 0.338 e. The molecular formula is C25H20BrFN4O3S. The summed E-state index contributed by atoms with van der Waals surface area (Å²) >= 11 is 4.90. The standard InChI is InChI=1S/C25H20BrFN4O3S/c1-15-22(24(32)29-20-10-12-21(13-11-20)31(33)34)23(17-4-6-18(26)7-5-17)30-25(28-15)35-14-16-2-8-19(27)9-3-16/h2-13,23H,14H2,1H3,(H,28,30)(H,29,32). The smallest absolute Gasteiger partial charge is 0.269 e. The van der Waals surface area contributed by atoms with Gasteiger partial charge in [0, 0.05) is 33.7 Å². The van der Waals surface area contributed by atoms with E-state index in [4.69, 9.17) is 4.99 Å². The van der Waals surface area contributed by atoms with Crippen LogP contribution in [0.3, 0.4) is 0 Å². The van der Waals surface area contributed by atoms with Crippen molar-refractivity contribution in [3.63, 3.8) is 0 Å². The number of amides is 1. The molecule has 0 saturated heterocycles. The molecule has 0 aliphatic carbocycles. The molecule has 35 heavy (non-hydrogen) atoms. The zero-order valence-corrected chi connectivity index (χ0v) is 20.9. The minimum atomic E-state index is -0.557. The summed E-state index contributed by atoms with van der Waals surface area (Å²) in [6.45, 7) is 1.81. The number of halogens is 2. The Balaban J connectivity index is 1.58. The molecule has 4 rings (SSSR count). The Kier molecular flexibility index (Phi) is 7.62. The number of nitro benzene ring substituents is 1. The van der Waals surface area contributed by atoms with Crippen molar-refractivity contribution < 1.29 is 14.1 Å². The Morgan fingerprint density at radius 1 is 1.11 bits per heavy atom. The number of amidine groups is 1. The second-order valence-electron chi connectivity index (χ2n) is 7.73. The number of thioether (sulfide) groups is 1. The first kappa shape index (κ1) is 24.6. The maximum absolute atomic E-state index is 13.3. The molecule has 2 N–H and O–H groups in total. The van der Waals surface area contributed by atoms with Crippen LogP contribution in [0.15, 0.2) is 93.5 Å². The molecule has 3 aromatic carbocycles.